The number of hydrogen-bond donors (Lipinski definition) is 2. The Bertz CT molecular complexity index is 910. The lowest BCUT2D eigenvalue weighted by Gasteiger charge is -2.23. The van der Waals surface area contributed by atoms with Crippen LogP contribution in [0.25, 0.3) is 0 Å². The number of guanidine groups is 1. The van der Waals surface area contributed by atoms with Gasteiger partial charge in [-0.2, -0.15) is 0 Å². The molecule has 2 fully saturated rings. The zero-order valence-corrected chi connectivity index (χ0v) is 22.2. The number of hydrogen-bond acceptors (Lipinski definition) is 4. The Balaban J connectivity index is 0.00000306. The first-order chi connectivity index (χ1) is 15.3. The number of amides is 2. The van der Waals surface area contributed by atoms with Gasteiger partial charge < -0.3 is 15.4 Å². The molecule has 0 aromatic heterocycles. The summed E-state index contributed by atoms with van der Waals surface area (Å²) in [5.74, 6) is 1.67. The lowest BCUT2D eigenvalue weighted by Crippen LogP contribution is -2.43. The number of nitrogens with one attached hydrogen (secondary N) is 2. The summed E-state index contributed by atoms with van der Waals surface area (Å²) in [5.41, 5.74) is 0.713. The highest BCUT2D eigenvalue weighted by molar-refractivity contribution is 14.0. The number of carbonyl (C=O) groups is 2. The molecule has 2 amide bonds. The smallest absolute Gasteiger partial charge is 0.233 e. The molecule has 2 bridgehead atoms. The van der Waals surface area contributed by atoms with Crippen molar-refractivity contribution >= 4 is 41.8 Å². The normalized spacial score (nSPS) is 25.8. The lowest BCUT2D eigenvalue weighted by molar-refractivity contribution is -0.140. The van der Waals surface area contributed by atoms with Crippen LogP contribution < -0.4 is 15.4 Å². The number of halogens is 1. The van der Waals surface area contributed by atoms with Crippen LogP contribution in [0.1, 0.15) is 39.7 Å². The van der Waals surface area contributed by atoms with Crippen LogP contribution in [0, 0.1) is 23.7 Å². The summed E-state index contributed by atoms with van der Waals surface area (Å²) < 4.78 is 6.06. The Labute approximate surface area is 213 Å². The highest BCUT2D eigenvalue weighted by Gasteiger charge is 2.58. The van der Waals surface area contributed by atoms with E-state index in [0.717, 1.165) is 17.7 Å². The van der Waals surface area contributed by atoms with E-state index in [1.807, 2.05) is 52.0 Å². The maximum atomic E-state index is 12.8. The summed E-state index contributed by atoms with van der Waals surface area (Å²) in [4.78, 5) is 31.8. The van der Waals surface area contributed by atoms with Gasteiger partial charge in [0.05, 0.1) is 18.4 Å². The van der Waals surface area contributed by atoms with Gasteiger partial charge in [-0.15, -0.1) is 24.0 Å². The molecule has 2 N–H and O–H groups in total. The fourth-order valence-electron chi connectivity index (χ4n) is 5.04. The minimum Gasteiger partial charge on any atom is -0.488 e. The maximum absolute atomic E-state index is 12.8. The van der Waals surface area contributed by atoms with Crippen molar-refractivity contribution in [2.45, 2.75) is 46.3 Å². The summed E-state index contributed by atoms with van der Waals surface area (Å²) in [6.07, 6.45) is 5.20. The van der Waals surface area contributed by atoms with Gasteiger partial charge >= 0.3 is 0 Å². The topological polar surface area (TPSA) is 83.0 Å². The molecular formula is C25H35IN4O3. The van der Waals surface area contributed by atoms with E-state index in [2.05, 4.69) is 27.8 Å². The van der Waals surface area contributed by atoms with E-state index in [0.29, 0.717) is 32.1 Å². The van der Waals surface area contributed by atoms with Crippen molar-refractivity contribution < 1.29 is 14.3 Å². The van der Waals surface area contributed by atoms with Crippen molar-refractivity contribution in [1.29, 1.82) is 0 Å². The third-order valence-electron chi connectivity index (χ3n) is 6.33. The molecule has 0 spiro atoms. The molecule has 180 valence electrons. The molecule has 0 radical (unpaired) electrons. The number of ether oxygens (including phenoxy) is 1. The summed E-state index contributed by atoms with van der Waals surface area (Å²) in [5, 5.41) is 6.50. The number of allylic oxidation sites excluding steroid dienone is 2. The average Bonchev–Trinajstić information content (AvgIpc) is 3.41. The summed E-state index contributed by atoms with van der Waals surface area (Å²) in [7, 11) is 0. The Hall–Kier alpha value is -2.10. The van der Waals surface area contributed by atoms with Gasteiger partial charge in [-0.25, -0.2) is 4.99 Å². The molecule has 1 heterocycles. The van der Waals surface area contributed by atoms with Crippen LogP contribution in [0.2, 0.25) is 0 Å². The van der Waals surface area contributed by atoms with E-state index in [9.17, 15) is 9.59 Å². The Morgan fingerprint density at radius 3 is 2.33 bits per heavy atom. The number of rotatable bonds is 7. The number of imide groups is 1. The van der Waals surface area contributed by atoms with E-state index in [-0.39, 0.29) is 65.1 Å². The van der Waals surface area contributed by atoms with Crippen molar-refractivity contribution in [2.75, 3.05) is 19.6 Å². The van der Waals surface area contributed by atoms with Crippen LogP contribution in [0.15, 0.2) is 41.4 Å². The van der Waals surface area contributed by atoms with E-state index in [1.54, 1.807) is 0 Å². The number of likely N-dealkylation sites (tertiary alicyclic amines) is 1. The highest BCUT2D eigenvalue weighted by atomic mass is 127. The lowest BCUT2D eigenvalue weighted by atomic mass is 9.85. The van der Waals surface area contributed by atoms with Crippen LogP contribution in [-0.2, 0) is 16.1 Å². The predicted molar refractivity (Wildman–Crippen MR) is 139 cm³/mol. The molecule has 7 nitrogen and oxygen atoms in total. The van der Waals surface area contributed by atoms with Gasteiger partial charge in [-0.3, -0.25) is 14.5 Å². The third-order valence-corrected chi connectivity index (χ3v) is 6.33. The zero-order chi connectivity index (χ0) is 22.9. The van der Waals surface area contributed by atoms with E-state index >= 15 is 0 Å². The highest BCUT2D eigenvalue weighted by Crippen LogP contribution is 2.52. The van der Waals surface area contributed by atoms with Crippen molar-refractivity contribution in [3.8, 4) is 5.75 Å². The van der Waals surface area contributed by atoms with Gasteiger partial charge in [0.1, 0.15) is 11.4 Å². The van der Waals surface area contributed by atoms with Crippen molar-refractivity contribution in [2.24, 2.45) is 28.7 Å². The Morgan fingerprint density at radius 1 is 1.09 bits per heavy atom. The molecule has 4 rings (SSSR count). The molecule has 4 atom stereocenters. The van der Waals surface area contributed by atoms with E-state index in [1.165, 1.54) is 4.90 Å². The summed E-state index contributed by atoms with van der Waals surface area (Å²) in [6, 6.07) is 7.90. The second-order valence-electron chi connectivity index (χ2n) is 9.77. The van der Waals surface area contributed by atoms with Gasteiger partial charge in [0.15, 0.2) is 5.96 Å². The van der Waals surface area contributed by atoms with E-state index in [4.69, 9.17) is 4.74 Å². The van der Waals surface area contributed by atoms with Gasteiger partial charge in [0, 0.05) is 25.2 Å². The zero-order valence-electron chi connectivity index (χ0n) is 19.8. The van der Waals surface area contributed by atoms with Gasteiger partial charge in [-0.05, 0) is 52.0 Å². The maximum Gasteiger partial charge on any atom is 0.233 e. The van der Waals surface area contributed by atoms with Gasteiger partial charge in [0.2, 0.25) is 11.8 Å². The van der Waals surface area contributed by atoms with Gasteiger partial charge in [-0.1, -0.05) is 30.4 Å². The molecule has 1 aromatic carbocycles. The van der Waals surface area contributed by atoms with Crippen LogP contribution >= 0.6 is 24.0 Å². The first-order valence-corrected chi connectivity index (χ1v) is 11.6. The molecule has 33 heavy (non-hydrogen) atoms. The first-order valence-electron chi connectivity index (χ1n) is 11.6. The number of fused-ring (bicyclic) bond motifs is 5. The van der Waals surface area contributed by atoms with E-state index < -0.39 is 0 Å². The molecule has 2 aliphatic carbocycles. The number of carbonyl (C=O) groups excluding carboxylic acids is 2. The van der Waals surface area contributed by atoms with Crippen LogP contribution in [0.5, 0.6) is 5.75 Å². The number of nitrogens with zero attached hydrogens (tertiary/aromatic N) is 2. The standard InChI is InChI=1S/C25H34N4O3.HI/c1-5-26-24(28-15-18-8-6-7-9-19(18)32-25(2,3)4)27-12-13-29-22(30)20-16-10-11-17(14-16)21(20)23(29)31;/h6-11,16-17,20-21H,5,12-15H2,1-4H3,(H2,26,27,28);1H. The Kier molecular flexibility index (Phi) is 8.08. The fourth-order valence-corrected chi connectivity index (χ4v) is 5.04. The number of aliphatic imine (C=N–C) groups is 1. The molecule has 3 aliphatic rings. The summed E-state index contributed by atoms with van der Waals surface area (Å²) in [6.45, 7) is 10.1. The molecule has 8 heteroatoms. The van der Waals surface area contributed by atoms with Crippen molar-refractivity contribution in [1.82, 2.24) is 15.5 Å². The molecular weight excluding hydrogens is 531 g/mol. The minimum absolute atomic E-state index is 0. The van der Waals surface area contributed by atoms with Crippen LogP contribution in [0.4, 0.5) is 0 Å². The molecule has 1 saturated carbocycles. The summed E-state index contributed by atoms with van der Waals surface area (Å²) >= 11 is 0. The number of para-hydroxylation sites is 1. The quantitative estimate of drug-likeness (QED) is 0.174. The number of benzene rings is 1. The van der Waals surface area contributed by atoms with Crippen LogP contribution in [0.3, 0.4) is 0 Å². The predicted octanol–water partition coefficient (Wildman–Crippen LogP) is 3.34. The second kappa shape index (κ2) is 10.4. The third kappa shape index (κ3) is 5.53. The minimum atomic E-state index is -0.287. The van der Waals surface area contributed by atoms with Crippen molar-refractivity contribution in [3.63, 3.8) is 0 Å². The second-order valence-corrected chi connectivity index (χ2v) is 9.77. The average molecular weight is 566 g/mol. The molecule has 1 aromatic rings. The Morgan fingerprint density at radius 2 is 1.73 bits per heavy atom. The molecule has 1 saturated heterocycles. The van der Waals surface area contributed by atoms with Gasteiger partial charge in [0.25, 0.3) is 0 Å². The monoisotopic (exact) mass is 566 g/mol. The van der Waals surface area contributed by atoms with Crippen molar-refractivity contribution in [3.05, 3.63) is 42.0 Å². The first kappa shape index (κ1) is 25.5. The fraction of sp³-hybridized carbons (Fsp3) is 0.560. The SMILES string of the molecule is CCNC(=NCc1ccccc1OC(C)(C)C)NCCN1C(=O)C2C3C=CC(C3)C2C1=O.I. The molecule has 4 unspecified atom stereocenters. The van der Waals surface area contributed by atoms with Crippen LogP contribution in [-0.4, -0.2) is 47.9 Å². The molecule has 1 aliphatic heterocycles. The largest absolute Gasteiger partial charge is 0.488 e.